The number of rotatable bonds is 5. The highest BCUT2D eigenvalue weighted by Gasteiger charge is 2.30. The number of aromatic nitrogens is 5. The summed E-state index contributed by atoms with van der Waals surface area (Å²) in [6, 6.07) is 11.2. The van der Waals surface area contributed by atoms with Crippen LogP contribution in [0.1, 0.15) is 46.7 Å². The van der Waals surface area contributed by atoms with Crippen LogP contribution in [0.2, 0.25) is 0 Å². The molecule has 2 aromatic heterocycles. The van der Waals surface area contributed by atoms with Gasteiger partial charge < -0.3 is 4.90 Å². The van der Waals surface area contributed by atoms with Gasteiger partial charge in [-0.15, -0.1) is 0 Å². The fraction of sp³-hybridized carbons (Fsp3) is 0.250. The van der Waals surface area contributed by atoms with Crippen LogP contribution >= 0.6 is 0 Å². The first-order chi connectivity index (χ1) is 15.9. The van der Waals surface area contributed by atoms with E-state index in [2.05, 4.69) is 15.2 Å². The molecule has 0 aliphatic heterocycles. The molecule has 5 rings (SSSR count). The Morgan fingerprint density at radius 3 is 2.52 bits per heavy atom. The second-order valence-electron chi connectivity index (χ2n) is 8.16. The summed E-state index contributed by atoms with van der Waals surface area (Å²) < 4.78 is 30.5. The highest BCUT2D eigenvalue weighted by atomic mass is 19.2. The van der Waals surface area contributed by atoms with Crippen molar-refractivity contribution >= 4 is 5.91 Å². The number of carbonyl (C=O) groups excluding carboxylic acids is 1. The molecule has 33 heavy (non-hydrogen) atoms. The minimum atomic E-state index is -0.942. The average Bonchev–Trinajstić information content (AvgIpc) is 3.58. The fourth-order valence-electron chi connectivity index (χ4n) is 4.25. The number of carbonyl (C=O) groups is 1. The summed E-state index contributed by atoms with van der Waals surface area (Å²) >= 11 is 0. The van der Waals surface area contributed by atoms with Crippen molar-refractivity contribution in [1.29, 1.82) is 0 Å². The molecule has 1 aliphatic rings. The third-order valence-electron chi connectivity index (χ3n) is 6.24. The minimum Gasteiger partial charge on any atom is -0.334 e. The molecule has 0 radical (unpaired) electrons. The van der Waals surface area contributed by atoms with Gasteiger partial charge in [0.2, 0.25) is 0 Å². The molecule has 1 aliphatic carbocycles. The Labute approximate surface area is 189 Å². The van der Waals surface area contributed by atoms with Crippen LogP contribution in [0.3, 0.4) is 0 Å². The average molecular weight is 448 g/mol. The van der Waals surface area contributed by atoms with Crippen molar-refractivity contribution in [3.05, 3.63) is 89.3 Å². The minimum absolute atomic E-state index is 0.201. The van der Waals surface area contributed by atoms with Gasteiger partial charge in [-0.3, -0.25) is 4.79 Å². The highest BCUT2D eigenvalue weighted by Crippen LogP contribution is 2.30. The Bertz CT molecular complexity index is 1310. The maximum atomic E-state index is 13.8. The fourth-order valence-corrected chi connectivity index (χ4v) is 4.25. The van der Waals surface area contributed by atoms with Crippen LogP contribution in [0.4, 0.5) is 8.78 Å². The molecule has 2 aromatic carbocycles. The molecule has 0 bridgehead atoms. The number of benzene rings is 2. The lowest BCUT2D eigenvalue weighted by molar-refractivity contribution is 0.0735. The van der Waals surface area contributed by atoms with Crippen LogP contribution in [-0.2, 0) is 12.8 Å². The molecule has 0 saturated heterocycles. The van der Waals surface area contributed by atoms with E-state index in [0.717, 1.165) is 53.9 Å². The molecule has 0 fully saturated rings. The predicted octanol–water partition coefficient (Wildman–Crippen LogP) is 4.05. The topological polar surface area (TPSA) is 68.8 Å². The maximum Gasteiger partial charge on any atom is 0.274 e. The summed E-state index contributed by atoms with van der Waals surface area (Å²) in [7, 11) is 1.75. The van der Waals surface area contributed by atoms with Crippen molar-refractivity contribution < 1.29 is 13.6 Å². The number of halogens is 2. The van der Waals surface area contributed by atoms with Crippen molar-refractivity contribution in [2.45, 2.75) is 32.2 Å². The molecule has 1 amide bonds. The van der Waals surface area contributed by atoms with Crippen molar-refractivity contribution in [3.8, 4) is 11.4 Å². The number of amides is 1. The molecule has 0 spiro atoms. The molecule has 1 unspecified atom stereocenters. The van der Waals surface area contributed by atoms with Crippen LogP contribution in [0.5, 0.6) is 0 Å². The normalized spacial score (nSPS) is 13.7. The second-order valence-corrected chi connectivity index (χ2v) is 8.16. The Balaban J connectivity index is 1.42. The van der Waals surface area contributed by atoms with Gasteiger partial charge in [-0.2, -0.15) is 10.2 Å². The third kappa shape index (κ3) is 3.69. The Kier molecular flexibility index (Phi) is 5.24. The summed E-state index contributed by atoms with van der Waals surface area (Å²) in [6.45, 7) is 1.95. The van der Waals surface area contributed by atoms with Gasteiger partial charge in [0.15, 0.2) is 17.3 Å². The first-order valence-corrected chi connectivity index (χ1v) is 10.7. The SMILES string of the molecule is CC(c1ccc(-n2cncn2)cc1)N(C)C(=O)c1nn(-c2ccc(F)c(F)c2)c2c1CCC2. The van der Waals surface area contributed by atoms with E-state index < -0.39 is 11.6 Å². The van der Waals surface area contributed by atoms with Gasteiger partial charge in [0, 0.05) is 24.4 Å². The molecule has 9 heteroatoms. The lowest BCUT2D eigenvalue weighted by atomic mass is 10.1. The van der Waals surface area contributed by atoms with E-state index in [0.29, 0.717) is 11.4 Å². The molecule has 4 aromatic rings. The van der Waals surface area contributed by atoms with E-state index in [1.807, 2.05) is 31.2 Å². The molecule has 7 nitrogen and oxygen atoms in total. The Morgan fingerprint density at radius 1 is 1.06 bits per heavy atom. The highest BCUT2D eigenvalue weighted by molar-refractivity contribution is 5.94. The van der Waals surface area contributed by atoms with Crippen molar-refractivity contribution in [2.75, 3.05) is 7.05 Å². The molecule has 0 N–H and O–H groups in total. The van der Waals surface area contributed by atoms with E-state index in [1.54, 1.807) is 27.6 Å². The van der Waals surface area contributed by atoms with E-state index in [9.17, 15) is 13.6 Å². The van der Waals surface area contributed by atoms with Crippen LogP contribution in [0.15, 0.2) is 55.1 Å². The Hall–Kier alpha value is -3.88. The molecular weight excluding hydrogens is 426 g/mol. The number of nitrogens with zero attached hydrogens (tertiary/aromatic N) is 6. The molecular formula is C24H22F2N6O. The summed E-state index contributed by atoms with van der Waals surface area (Å²) in [5.74, 6) is -2.06. The number of fused-ring (bicyclic) bond motifs is 1. The lowest BCUT2D eigenvalue weighted by Crippen LogP contribution is -2.30. The van der Waals surface area contributed by atoms with E-state index in [1.165, 1.54) is 12.4 Å². The largest absolute Gasteiger partial charge is 0.334 e. The van der Waals surface area contributed by atoms with Crippen molar-refractivity contribution in [1.82, 2.24) is 29.4 Å². The van der Waals surface area contributed by atoms with Gasteiger partial charge in [-0.1, -0.05) is 12.1 Å². The monoisotopic (exact) mass is 448 g/mol. The number of hydrogen-bond acceptors (Lipinski definition) is 4. The molecule has 168 valence electrons. The maximum absolute atomic E-state index is 13.8. The second kappa shape index (κ2) is 8.23. The van der Waals surface area contributed by atoms with Crippen molar-refractivity contribution in [3.63, 3.8) is 0 Å². The van der Waals surface area contributed by atoms with Gasteiger partial charge in [-0.25, -0.2) is 23.1 Å². The molecule has 2 heterocycles. The smallest absolute Gasteiger partial charge is 0.274 e. The van der Waals surface area contributed by atoms with E-state index >= 15 is 0 Å². The van der Waals surface area contributed by atoms with Crippen LogP contribution in [0.25, 0.3) is 11.4 Å². The first-order valence-electron chi connectivity index (χ1n) is 10.7. The quantitative estimate of drug-likeness (QED) is 0.462. The third-order valence-corrected chi connectivity index (χ3v) is 6.24. The van der Waals surface area contributed by atoms with Crippen LogP contribution < -0.4 is 0 Å². The lowest BCUT2D eigenvalue weighted by Gasteiger charge is -2.25. The van der Waals surface area contributed by atoms with Gasteiger partial charge in [0.05, 0.1) is 17.4 Å². The van der Waals surface area contributed by atoms with Gasteiger partial charge in [-0.05, 0) is 56.0 Å². The van der Waals surface area contributed by atoms with Gasteiger partial charge in [0.25, 0.3) is 5.91 Å². The van der Waals surface area contributed by atoms with Crippen LogP contribution in [-0.4, -0.2) is 42.4 Å². The molecule has 0 saturated carbocycles. The molecule has 1 atom stereocenters. The standard InChI is InChI=1S/C24H22F2N6O/c1-15(16-6-8-17(9-7-16)31-14-27-13-28-31)30(2)24(33)23-19-4-3-5-22(19)32(29-23)18-10-11-20(25)21(26)12-18/h6-15H,3-5H2,1-2H3. The summed E-state index contributed by atoms with van der Waals surface area (Å²) in [5.41, 5.74) is 4.37. The Morgan fingerprint density at radius 2 is 1.82 bits per heavy atom. The van der Waals surface area contributed by atoms with E-state index in [-0.39, 0.29) is 11.9 Å². The summed E-state index contributed by atoms with van der Waals surface area (Å²) in [4.78, 5) is 19.0. The zero-order valence-corrected chi connectivity index (χ0v) is 18.2. The zero-order chi connectivity index (χ0) is 23.1. The zero-order valence-electron chi connectivity index (χ0n) is 18.2. The number of hydrogen-bond donors (Lipinski definition) is 0. The van der Waals surface area contributed by atoms with E-state index in [4.69, 9.17) is 0 Å². The summed E-state index contributed by atoms with van der Waals surface area (Å²) in [5, 5.41) is 8.66. The summed E-state index contributed by atoms with van der Waals surface area (Å²) in [6.07, 6.45) is 5.45. The van der Waals surface area contributed by atoms with Gasteiger partial charge >= 0.3 is 0 Å². The van der Waals surface area contributed by atoms with Gasteiger partial charge in [0.1, 0.15) is 12.7 Å². The predicted molar refractivity (Wildman–Crippen MR) is 117 cm³/mol. The van der Waals surface area contributed by atoms with Crippen LogP contribution in [0, 0.1) is 11.6 Å². The first kappa shape index (κ1) is 21.0. The van der Waals surface area contributed by atoms with Crippen molar-refractivity contribution in [2.24, 2.45) is 0 Å².